The van der Waals surface area contributed by atoms with Crippen LogP contribution in [0.4, 0.5) is 11.4 Å². The average molecular weight is 629 g/mol. The third kappa shape index (κ3) is 3.60. The Bertz CT molecular complexity index is 2670. The van der Waals surface area contributed by atoms with Crippen LogP contribution < -0.4 is 0 Å². The first-order valence-electron chi connectivity index (χ1n) is 16.8. The van der Waals surface area contributed by atoms with Crippen LogP contribution in [-0.2, 0) is 18.3 Å². The quantitative estimate of drug-likeness (QED) is 0.179. The molecule has 2 aliphatic heterocycles. The SMILES string of the molecule is CC1(C)c2cc(C3=Nc4c(c5cccnc5c5cccnc45)C3)ccc2-c2ccc(C3=Nc4c(c5cccnc5c5cccnc45)C3)cc21. The maximum absolute atomic E-state index is 5.25. The van der Waals surface area contributed by atoms with Gasteiger partial charge in [0.1, 0.15) is 0 Å². The molecule has 0 fully saturated rings. The lowest BCUT2D eigenvalue weighted by atomic mass is 9.81. The minimum absolute atomic E-state index is 0.190. The normalized spacial score (nSPS) is 15.4. The van der Waals surface area contributed by atoms with Crippen molar-refractivity contribution in [3.63, 3.8) is 0 Å². The Morgan fingerprint density at radius 1 is 0.469 bits per heavy atom. The van der Waals surface area contributed by atoms with Crippen LogP contribution in [-0.4, -0.2) is 31.4 Å². The summed E-state index contributed by atoms with van der Waals surface area (Å²) in [6, 6.07) is 30.3. The van der Waals surface area contributed by atoms with Gasteiger partial charge in [-0.2, -0.15) is 0 Å². The molecule has 0 spiro atoms. The molecule has 3 aliphatic rings. The van der Waals surface area contributed by atoms with Crippen LogP contribution in [0.25, 0.3) is 54.7 Å². The van der Waals surface area contributed by atoms with Crippen molar-refractivity contribution in [3.8, 4) is 11.1 Å². The zero-order chi connectivity index (χ0) is 32.4. The summed E-state index contributed by atoms with van der Waals surface area (Å²) in [5.41, 5.74) is 17.7. The summed E-state index contributed by atoms with van der Waals surface area (Å²) in [6.45, 7) is 4.68. The predicted molar refractivity (Wildman–Crippen MR) is 198 cm³/mol. The van der Waals surface area contributed by atoms with Gasteiger partial charge >= 0.3 is 0 Å². The number of nitrogens with zero attached hydrogens (tertiary/aromatic N) is 6. The molecule has 4 aromatic carbocycles. The van der Waals surface area contributed by atoms with Crippen LogP contribution in [0.2, 0.25) is 0 Å². The minimum atomic E-state index is -0.190. The van der Waals surface area contributed by atoms with E-state index in [-0.39, 0.29) is 5.41 Å². The van der Waals surface area contributed by atoms with Gasteiger partial charge in [0.15, 0.2) is 0 Å². The maximum Gasteiger partial charge on any atom is 0.0983 e. The highest BCUT2D eigenvalue weighted by atomic mass is 14.9. The van der Waals surface area contributed by atoms with Crippen molar-refractivity contribution < 1.29 is 0 Å². The molecule has 230 valence electrons. The highest BCUT2D eigenvalue weighted by Crippen LogP contribution is 2.50. The van der Waals surface area contributed by atoms with Gasteiger partial charge in [0.25, 0.3) is 0 Å². The van der Waals surface area contributed by atoms with Crippen LogP contribution in [0.1, 0.15) is 47.2 Å². The molecule has 6 nitrogen and oxygen atoms in total. The van der Waals surface area contributed by atoms with E-state index >= 15 is 0 Å². The Balaban J connectivity index is 0.988. The van der Waals surface area contributed by atoms with Crippen molar-refractivity contribution in [1.82, 2.24) is 19.9 Å². The molecule has 0 N–H and O–H groups in total. The smallest absolute Gasteiger partial charge is 0.0983 e. The highest BCUT2D eigenvalue weighted by molar-refractivity contribution is 6.20. The lowest BCUT2D eigenvalue weighted by Crippen LogP contribution is -2.16. The first-order chi connectivity index (χ1) is 24.0. The van der Waals surface area contributed by atoms with Crippen molar-refractivity contribution in [2.45, 2.75) is 32.1 Å². The lowest BCUT2D eigenvalue weighted by molar-refractivity contribution is 0.660. The number of aromatic nitrogens is 4. The third-order valence-corrected chi connectivity index (χ3v) is 10.9. The van der Waals surface area contributed by atoms with E-state index in [0.717, 1.165) is 90.4 Å². The number of hydrogen-bond acceptors (Lipinski definition) is 6. The molecule has 11 rings (SSSR count). The number of hydrogen-bond donors (Lipinski definition) is 0. The summed E-state index contributed by atoms with van der Waals surface area (Å²) in [5.74, 6) is 0. The van der Waals surface area contributed by atoms with Gasteiger partial charge in [-0.05, 0) is 93.0 Å². The Morgan fingerprint density at radius 3 is 1.33 bits per heavy atom. The van der Waals surface area contributed by atoms with Crippen molar-refractivity contribution in [2.24, 2.45) is 9.98 Å². The molecule has 1 aliphatic carbocycles. The Hall–Kier alpha value is -6.14. The zero-order valence-corrected chi connectivity index (χ0v) is 27.0. The molecule has 0 atom stereocenters. The summed E-state index contributed by atoms with van der Waals surface area (Å²) in [6.07, 6.45) is 8.94. The molecule has 0 saturated heterocycles. The third-order valence-electron chi connectivity index (χ3n) is 10.9. The van der Waals surface area contributed by atoms with Gasteiger partial charge in [0.05, 0.1) is 44.9 Å². The molecule has 0 amide bonds. The van der Waals surface area contributed by atoms with Crippen molar-refractivity contribution in [1.29, 1.82) is 0 Å². The molecule has 0 saturated carbocycles. The second-order valence-corrected chi connectivity index (χ2v) is 13.9. The van der Waals surface area contributed by atoms with Crippen molar-refractivity contribution in [2.75, 3.05) is 0 Å². The fraction of sp³-hybridized carbons (Fsp3) is 0.116. The molecule has 4 aromatic heterocycles. The standard InChI is InChI=1S/C43H28N6/c1-43(2)33-19-23(35-21-31-27-7-3-15-44-37(27)29-9-5-17-46-39(29)41(31)48-35)11-13-25(33)26-14-12-24(20-34(26)43)36-22-32-28-8-4-16-45-38(28)30-10-6-18-47-40(30)42(32)49-36/h3-20H,21-22H2,1-2H3. The largest absolute Gasteiger partial charge is 0.256 e. The van der Waals surface area contributed by atoms with E-state index in [1.54, 1.807) is 0 Å². The maximum atomic E-state index is 5.25. The minimum Gasteiger partial charge on any atom is -0.256 e. The monoisotopic (exact) mass is 628 g/mol. The van der Waals surface area contributed by atoms with Gasteiger partial charge in [0, 0.05) is 64.6 Å². The average Bonchev–Trinajstić information content (AvgIpc) is 3.86. The van der Waals surface area contributed by atoms with Crippen LogP contribution in [0.5, 0.6) is 0 Å². The second kappa shape index (κ2) is 9.48. The van der Waals surface area contributed by atoms with E-state index in [9.17, 15) is 0 Å². The second-order valence-electron chi connectivity index (χ2n) is 13.9. The van der Waals surface area contributed by atoms with E-state index in [0.29, 0.717) is 0 Å². The topological polar surface area (TPSA) is 76.3 Å². The summed E-state index contributed by atoms with van der Waals surface area (Å²) in [5, 5.41) is 4.41. The number of fused-ring (bicyclic) bond motifs is 15. The zero-order valence-electron chi connectivity index (χ0n) is 27.0. The molecule has 8 aromatic rings. The molecule has 6 heteroatoms. The summed E-state index contributed by atoms with van der Waals surface area (Å²) < 4.78 is 0. The van der Waals surface area contributed by atoms with E-state index in [1.807, 2.05) is 49.1 Å². The molecule has 6 heterocycles. The van der Waals surface area contributed by atoms with Crippen LogP contribution in [0, 0.1) is 0 Å². The van der Waals surface area contributed by atoms with Crippen molar-refractivity contribution in [3.05, 3.63) is 143 Å². The number of rotatable bonds is 2. The van der Waals surface area contributed by atoms with Crippen LogP contribution >= 0.6 is 0 Å². The van der Waals surface area contributed by atoms with Gasteiger partial charge in [-0.15, -0.1) is 0 Å². The van der Waals surface area contributed by atoms with Gasteiger partial charge < -0.3 is 0 Å². The molecular formula is C43H28N6. The Morgan fingerprint density at radius 2 is 0.878 bits per heavy atom. The predicted octanol–water partition coefficient (Wildman–Crippen LogP) is 9.54. The molecule has 0 radical (unpaired) electrons. The highest BCUT2D eigenvalue weighted by Gasteiger charge is 2.37. The Kier molecular flexibility index (Phi) is 5.20. The fourth-order valence-corrected chi connectivity index (χ4v) is 8.55. The number of benzene rings is 4. The first-order valence-corrected chi connectivity index (χ1v) is 16.8. The molecule has 0 unspecified atom stereocenters. The number of aliphatic imine (C=N–C) groups is 2. The van der Waals surface area contributed by atoms with Gasteiger partial charge in [-0.25, -0.2) is 9.98 Å². The van der Waals surface area contributed by atoms with E-state index in [4.69, 9.17) is 29.9 Å². The van der Waals surface area contributed by atoms with Gasteiger partial charge in [0.2, 0.25) is 0 Å². The molecule has 0 bridgehead atoms. The van der Waals surface area contributed by atoms with Crippen LogP contribution in [0.15, 0.2) is 120 Å². The summed E-state index contributed by atoms with van der Waals surface area (Å²) in [7, 11) is 0. The van der Waals surface area contributed by atoms with Crippen molar-refractivity contribution >= 4 is 66.4 Å². The summed E-state index contributed by atoms with van der Waals surface area (Å²) in [4.78, 5) is 29.5. The summed E-state index contributed by atoms with van der Waals surface area (Å²) >= 11 is 0. The first kappa shape index (κ1) is 26.9. The van der Waals surface area contributed by atoms with E-state index < -0.39 is 0 Å². The molecular weight excluding hydrogens is 601 g/mol. The fourth-order valence-electron chi connectivity index (χ4n) is 8.55. The van der Waals surface area contributed by atoms with E-state index in [1.165, 1.54) is 33.4 Å². The van der Waals surface area contributed by atoms with E-state index in [2.05, 4.69) is 74.5 Å². The van der Waals surface area contributed by atoms with Gasteiger partial charge in [-0.1, -0.05) is 50.2 Å². The molecule has 49 heavy (non-hydrogen) atoms. The number of pyridine rings is 4. The van der Waals surface area contributed by atoms with Gasteiger partial charge in [-0.3, -0.25) is 19.9 Å². The van der Waals surface area contributed by atoms with Crippen LogP contribution in [0.3, 0.4) is 0 Å². The lowest BCUT2D eigenvalue weighted by Gasteiger charge is -2.22. The Labute approximate surface area is 282 Å².